The van der Waals surface area contributed by atoms with E-state index in [0.29, 0.717) is 0 Å². The number of carbonyl (C=O) groups excluding carboxylic acids is 1. The number of aryl methyl sites for hydroxylation is 2. The summed E-state index contributed by atoms with van der Waals surface area (Å²) in [7, 11) is -3.81. The molecule has 17 heavy (non-hydrogen) atoms. The molecule has 1 aromatic carbocycles. The van der Waals surface area contributed by atoms with E-state index in [1.165, 1.54) is 19.1 Å². The van der Waals surface area contributed by atoms with Gasteiger partial charge in [-0.05, 0) is 44.0 Å². The second-order valence-corrected chi connectivity index (χ2v) is 5.62. The Bertz CT molecular complexity index is 536. The molecule has 0 bridgehead atoms. The van der Waals surface area contributed by atoms with Gasteiger partial charge in [0.2, 0.25) is 10.0 Å². The van der Waals surface area contributed by atoms with E-state index in [2.05, 4.69) is 0 Å². The van der Waals surface area contributed by atoms with Crippen LogP contribution in [0.15, 0.2) is 23.1 Å². The Hall–Kier alpha value is -1.40. The molecule has 0 aliphatic heterocycles. The highest BCUT2D eigenvalue weighted by Gasteiger charge is 2.18. The van der Waals surface area contributed by atoms with Gasteiger partial charge in [0.15, 0.2) is 0 Å². The van der Waals surface area contributed by atoms with Gasteiger partial charge in [-0.15, -0.1) is 0 Å². The van der Waals surface area contributed by atoms with Crippen LogP contribution in [0.2, 0.25) is 0 Å². The summed E-state index contributed by atoms with van der Waals surface area (Å²) >= 11 is 0. The van der Waals surface area contributed by atoms with Crippen molar-refractivity contribution in [3.05, 3.63) is 29.3 Å². The quantitative estimate of drug-likeness (QED) is 0.802. The van der Waals surface area contributed by atoms with Crippen LogP contribution in [0, 0.1) is 13.8 Å². The van der Waals surface area contributed by atoms with Gasteiger partial charge in [0.05, 0.1) is 16.9 Å². The van der Waals surface area contributed by atoms with Crippen molar-refractivity contribution >= 4 is 16.0 Å². The average Bonchev–Trinajstić information content (AvgIpc) is 2.21. The lowest BCUT2D eigenvalue weighted by molar-refractivity contribution is -0.307. The Morgan fingerprint density at radius 3 is 2.35 bits per heavy atom. The molecule has 0 amide bonds. The minimum absolute atomic E-state index is 0.0497. The topological polar surface area (TPSA) is 86.3 Å². The van der Waals surface area contributed by atoms with Crippen molar-refractivity contribution in [2.45, 2.75) is 31.7 Å². The lowest BCUT2D eigenvalue weighted by atomic mass is 10.1. The highest BCUT2D eigenvalue weighted by atomic mass is 32.2. The van der Waals surface area contributed by atoms with E-state index in [9.17, 15) is 18.3 Å². The van der Waals surface area contributed by atoms with Crippen LogP contribution in [0.25, 0.3) is 0 Å². The van der Waals surface area contributed by atoms with Crippen LogP contribution in [-0.4, -0.2) is 20.4 Å². The SMILES string of the molecule is Cc1ccc(S(=O)(=O)N[C@H](C)C(=O)[O-])cc1C. The van der Waals surface area contributed by atoms with Crippen molar-refractivity contribution in [1.82, 2.24) is 4.72 Å². The molecule has 1 N–H and O–H groups in total. The molecular formula is C11H14NO4S-. The van der Waals surface area contributed by atoms with Gasteiger partial charge in [-0.1, -0.05) is 6.07 Å². The maximum absolute atomic E-state index is 11.8. The molecule has 6 heteroatoms. The third-order valence-electron chi connectivity index (χ3n) is 2.47. The van der Waals surface area contributed by atoms with E-state index >= 15 is 0 Å². The Morgan fingerprint density at radius 1 is 1.29 bits per heavy atom. The summed E-state index contributed by atoms with van der Waals surface area (Å²) in [5, 5.41) is 10.5. The summed E-state index contributed by atoms with van der Waals surface area (Å²) in [4.78, 5) is 10.5. The lowest BCUT2D eigenvalue weighted by Gasteiger charge is -2.15. The Labute approximate surface area is 101 Å². The first kappa shape index (κ1) is 13.7. The van der Waals surface area contributed by atoms with Gasteiger partial charge < -0.3 is 9.90 Å². The van der Waals surface area contributed by atoms with E-state index in [4.69, 9.17) is 0 Å². The van der Waals surface area contributed by atoms with E-state index in [-0.39, 0.29) is 4.90 Å². The van der Waals surface area contributed by atoms with Gasteiger partial charge in [0, 0.05) is 0 Å². The minimum Gasteiger partial charge on any atom is -0.548 e. The number of sulfonamides is 1. The van der Waals surface area contributed by atoms with Crippen molar-refractivity contribution in [2.75, 3.05) is 0 Å². The number of carboxylic acid groups (broad SMARTS) is 1. The number of hydrogen-bond acceptors (Lipinski definition) is 4. The summed E-state index contributed by atoms with van der Waals surface area (Å²) in [6, 6.07) is 3.35. The van der Waals surface area contributed by atoms with Gasteiger partial charge in [0.25, 0.3) is 0 Å². The van der Waals surface area contributed by atoms with Crippen molar-refractivity contribution in [3.8, 4) is 0 Å². The van der Waals surface area contributed by atoms with Crippen LogP contribution >= 0.6 is 0 Å². The smallest absolute Gasteiger partial charge is 0.241 e. The predicted octanol–water partition coefficient (Wildman–Crippen LogP) is -0.280. The number of aliphatic carboxylic acids is 1. The molecule has 5 nitrogen and oxygen atoms in total. The van der Waals surface area contributed by atoms with Crippen LogP contribution < -0.4 is 9.83 Å². The second-order valence-electron chi connectivity index (χ2n) is 3.91. The van der Waals surface area contributed by atoms with Crippen molar-refractivity contribution in [2.24, 2.45) is 0 Å². The average molecular weight is 256 g/mol. The van der Waals surface area contributed by atoms with Gasteiger partial charge in [-0.25, -0.2) is 13.1 Å². The lowest BCUT2D eigenvalue weighted by Crippen LogP contribution is -2.45. The second kappa shape index (κ2) is 4.85. The molecule has 0 aliphatic rings. The number of benzene rings is 1. The Kier molecular flexibility index (Phi) is 3.90. The maximum Gasteiger partial charge on any atom is 0.241 e. The summed E-state index contributed by atoms with van der Waals surface area (Å²) < 4.78 is 25.6. The number of carbonyl (C=O) groups is 1. The minimum atomic E-state index is -3.81. The van der Waals surface area contributed by atoms with E-state index in [1.54, 1.807) is 13.0 Å². The fourth-order valence-electron chi connectivity index (χ4n) is 1.23. The number of nitrogens with one attached hydrogen (secondary N) is 1. The molecular weight excluding hydrogens is 242 g/mol. The zero-order chi connectivity index (χ0) is 13.2. The molecule has 0 unspecified atom stereocenters. The fourth-order valence-corrected chi connectivity index (χ4v) is 2.51. The van der Waals surface area contributed by atoms with Gasteiger partial charge in [0.1, 0.15) is 0 Å². The first-order valence-electron chi connectivity index (χ1n) is 5.04. The van der Waals surface area contributed by atoms with Gasteiger partial charge in [-0.3, -0.25) is 0 Å². The first-order chi connectivity index (χ1) is 7.74. The third-order valence-corrected chi connectivity index (χ3v) is 4.01. The molecule has 0 spiro atoms. The van der Waals surface area contributed by atoms with Crippen LogP contribution in [0.5, 0.6) is 0 Å². The van der Waals surface area contributed by atoms with Crippen molar-refractivity contribution in [1.29, 1.82) is 0 Å². The zero-order valence-electron chi connectivity index (χ0n) is 9.85. The molecule has 0 saturated heterocycles. The molecule has 1 rings (SSSR count). The molecule has 0 aliphatic carbocycles. The molecule has 94 valence electrons. The van der Waals surface area contributed by atoms with Gasteiger partial charge >= 0.3 is 0 Å². The standard InChI is InChI=1S/C11H15NO4S/c1-7-4-5-10(6-8(7)2)17(15,16)12-9(3)11(13)14/h4-6,9,12H,1-3H3,(H,13,14)/p-1/t9-/m1/s1. The molecule has 1 atom stereocenters. The summed E-state index contributed by atoms with van der Waals surface area (Å²) in [5.41, 5.74) is 1.80. The molecule has 0 saturated carbocycles. The number of rotatable bonds is 4. The highest BCUT2D eigenvalue weighted by Crippen LogP contribution is 2.14. The van der Waals surface area contributed by atoms with Crippen LogP contribution in [0.4, 0.5) is 0 Å². The Balaban J connectivity index is 3.05. The zero-order valence-corrected chi connectivity index (χ0v) is 10.7. The van der Waals surface area contributed by atoms with Crippen LogP contribution in [0.3, 0.4) is 0 Å². The normalized spacial score (nSPS) is 13.4. The predicted molar refractivity (Wildman–Crippen MR) is 60.7 cm³/mol. The monoisotopic (exact) mass is 256 g/mol. The summed E-state index contributed by atoms with van der Waals surface area (Å²) in [5.74, 6) is -1.46. The third kappa shape index (κ3) is 3.28. The Morgan fingerprint density at radius 2 is 1.88 bits per heavy atom. The van der Waals surface area contributed by atoms with Gasteiger partial charge in [-0.2, -0.15) is 0 Å². The maximum atomic E-state index is 11.8. The highest BCUT2D eigenvalue weighted by molar-refractivity contribution is 7.89. The van der Waals surface area contributed by atoms with E-state index in [0.717, 1.165) is 11.1 Å². The van der Waals surface area contributed by atoms with Crippen LogP contribution in [0.1, 0.15) is 18.1 Å². The first-order valence-corrected chi connectivity index (χ1v) is 6.53. The summed E-state index contributed by atoms with van der Waals surface area (Å²) in [6.07, 6.45) is 0. The molecule has 1 aromatic rings. The summed E-state index contributed by atoms with van der Waals surface area (Å²) in [6.45, 7) is 4.87. The molecule has 0 aromatic heterocycles. The molecule has 0 heterocycles. The molecule has 0 radical (unpaired) electrons. The van der Waals surface area contributed by atoms with Crippen molar-refractivity contribution < 1.29 is 18.3 Å². The van der Waals surface area contributed by atoms with Crippen molar-refractivity contribution in [3.63, 3.8) is 0 Å². The number of hydrogen-bond donors (Lipinski definition) is 1. The number of carboxylic acids is 1. The molecule has 0 fully saturated rings. The fraction of sp³-hybridized carbons (Fsp3) is 0.364. The largest absolute Gasteiger partial charge is 0.548 e. The van der Waals surface area contributed by atoms with E-state index < -0.39 is 22.0 Å². The van der Waals surface area contributed by atoms with Crippen LogP contribution in [-0.2, 0) is 14.8 Å². The van der Waals surface area contributed by atoms with E-state index in [1.807, 2.05) is 11.6 Å².